The van der Waals surface area contributed by atoms with Gasteiger partial charge in [0.05, 0.1) is 6.61 Å². The van der Waals surface area contributed by atoms with Crippen LogP contribution >= 0.6 is 0 Å². The second kappa shape index (κ2) is 5.63. The van der Waals surface area contributed by atoms with E-state index in [-0.39, 0.29) is 6.04 Å². The van der Waals surface area contributed by atoms with Crippen molar-refractivity contribution in [1.82, 2.24) is 4.90 Å². The number of hydrogen-bond acceptors (Lipinski definition) is 3. The molecule has 1 aromatic rings. The van der Waals surface area contributed by atoms with Gasteiger partial charge in [-0.05, 0) is 12.5 Å². The summed E-state index contributed by atoms with van der Waals surface area (Å²) in [5.41, 5.74) is 8.89. The van der Waals surface area contributed by atoms with Gasteiger partial charge >= 0.3 is 0 Å². The molecule has 2 atom stereocenters. The molecule has 0 aromatic heterocycles. The summed E-state index contributed by atoms with van der Waals surface area (Å²) in [6.45, 7) is 5.90. The van der Waals surface area contributed by atoms with Crippen LogP contribution in [0.5, 0.6) is 0 Å². The van der Waals surface area contributed by atoms with Crippen molar-refractivity contribution in [2.75, 3.05) is 33.4 Å². The Morgan fingerprint density at radius 2 is 2.00 bits per heavy atom. The highest BCUT2D eigenvalue weighted by molar-refractivity contribution is 5.27. The smallest absolute Gasteiger partial charge is 0.0589 e. The number of aryl methyl sites for hydroxylation is 1. The van der Waals surface area contributed by atoms with Crippen LogP contribution in [0.15, 0.2) is 24.3 Å². The van der Waals surface area contributed by atoms with E-state index in [1.165, 1.54) is 11.1 Å². The molecular formula is C14H22N2O. The monoisotopic (exact) mass is 234 g/mol. The van der Waals surface area contributed by atoms with Crippen LogP contribution in [0.25, 0.3) is 0 Å². The van der Waals surface area contributed by atoms with E-state index in [0.29, 0.717) is 5.92 Å². The molecule has 1 heterocycles. The van der Waals surface area contributed by atoms with Gasteiger partial charge in [0.15, 0.2) is 0 Å². The average Bonchev–Trinajstić information content (AvgIpc) is 2.69. The minimum absolute atomic E-state index is 0.245. The quantitative estimate of drug-likeness (QED) is 0.855. The topological polar surface area (TPSA) is 38.5 Å². The molecule has 0 saturated carbocycles. The van der Waals surface area contributed by atoms with Crippen LogP contribution in [0.4, 0.5) is 0 Å². The molecule has 0 amide bonds. The molecule has 2 rings (SSSR count). The van der Waals surface area contributed by atoms with Crippen LogP contribution in [0.2, 0.25) is 0 Å². The fourth-order valence-electron chi connectivity index (χ4n) is 2.48. The number of methoxy groups -OCH3 is 1. The number of nitrogens with two attached hydrogens (primary N) is 1. The van der Waals surface area contributed by atoms with Crippen LogP contribution < -0.4 is 5.73 Å². The number of benzene rings is 1. The van der Waals surface area contributed by atoms with E-state index in [1.54, 1.807) is 7.11 Å². The van der Waals surface area contributed by atoms with Crippen LogP contribution in [-0.2, 0) is 4.74 Å². The summed E-state index contributed by atoms with van der Waals surface area (Å²) in [6.07, 6.45) is 0. The van der Waals surface area contributed by atoms with E-state index >= 15 is 0 Å². The number of nitrogens with zero attached hydrogens (tertiary/aromatic N) is 1. The molecule has 3 nitrogen and oxygen atoms in total. The van der Waals surface area contributed by atoms with Crippen LogP contribution in [0.1, 0.15) is 17.0 Å². The summed E-state index contributed by atoms with van der Waals surface area (Å²) >= 11 is 0. The summed E-state index contributed by atoms with van der Waals surface area (Å²) in [6, 6.07) is 8.99. The third kappa shape index (κ3) is 3.06. The maximum Gasteiger partial charge on any atom is 0.0589 e. The molecular weight excluding hydrogens is 212 g/mol. The first-order valence-corrected chi connectivity index (χ1v) is 6.24. The maximum atomic E-state index is 6.23. The molecule has 1 saturated heterocycles. The largest absolute Gasteiger partial charge is 0.383 e. The van der Waals surface area contributed by atoms with E-state index in [4.69, 9.17) is 10.5 Å². The third-order valence-corrected chi connectivity index (χ3v) is 3.56. The lowest BCUT2D eigenvalue weighted by atomic mass is 9.94. The summed E-state index contributed by atoms with van der Waals surface area (Å²) in [5, 5.41) is 0. The summed E-state index contributed by atoms with van der Waals surface area (Å²) in [7, 11) is 1.74. The fourth-order valence-corrected chi connectivity index (χ4v) is 2.48. The maximum absolute atomic E-state index is 6.23. The molecule has 3 heteroatoms. The van der Waals surface area contributed by atoms with Gasteiger partial charge in [0, 0.05) is 38.7 Å². The zero-order valence-corrected chi connectivity index (χ0v) is 10.7. The van der Waals surface area contributed by atoms with E-state index in [9.17, 15) is 0 Å². The first kappa shape index (κ1) is 12.6. The Bertz CT molecular complexity index is 350. The molecule has 94 valence electrons. The van der Waals surface area contributed by atoms with Gasteiger partial charge < -0.3 is 10.5 Å². The molecule has 0 bridgehead atoms. The van der Waals surface area contributed by atoms with E-state index in [1.807, 2.05) is 0 Å². The van der Waals surface area contributed by atoms with Crippen LogP contribution in [0.3, 0.4) is 0 Å². The fraction of sp³-hybridized carbons (Fsp3) is 0.571. The lowest BCUT2D eigenvalue weighted by molar-refractivity contribution is 0.160. The Kier molecular flexibility index (Phi) is 4.15. The summed E-state index contributed by atoms with van der Waals surface area (Å²) < 4.78 is 5.11. The van der Waals surface area contributed by atoms with E-state index < -0.39 is 0 Å². The van der Waals surface area contributed by atoms with Gasteiger partial charge in [-0.3, -0.25) is 4.90 Å². The van der Waals surface area contributed by atoms with Crippen molar-refractivity contribution in [1.29, 1.82) is 0 Å². The van der Waals surface area contributed by atoms with Crippen LogP contribution in [0, 0.1) is 6.92 Å². The highest BCUT2D eigenvalue weighted by Gasteiger charge is 2.30. The van der Waals surface area contributed by atoms with Gasteiger partial charge in [0.25, 0.3) is 0 Å². The first-order chi connectivity index (χ1) is 8.20. The van der Waals surface area contributed by atoms with Crippen molar-refractivity contribution >= 4 is 0 Å². The molecule has 0 radical (unpaired) electrons. The third-order valence-electron chi connectivity index (χ3n) is 3.56. The summed E-state index contributed by atoms with van der Waals surface area (Å²) in [5.74, 6) is 0.465. The minimum Gasteiger partial charge on any atom is -0.383 e. The van der Waals surface area contributed by atoms with Gasteiger partial charge in [-0.1, -0.05) is 29.8 Å². The standard InChI is InChI=1S/C14H22N2O/c1-11-3-5-12(6-4-11)13-9-16(7-8-17-2)10-14(13)15/h3-6,13-14H,7-10,15H2,1-2H3/t13-,14+/m0/s1. The Hall–Kier alpha value is -0.900. The number of hydrogen-bond donors (Lipinski definition) is 1. The van der Waals surface area contributed by atoms with Gasteiger partial charge in [-0.2, -0.15) is 0 Å². The first-order valence-electron chi connectivity index (χ1n) is 6.24. The predicted molar refractivity (Wildman–Crippen MR) is 70.2 cm³/mol. The van der Waals surface area contributed by atoms with Gasteiger partial charge in [-0.25, -0.2) is 0 Å². The Morgan fingerprint density at radius 1 is 1.29 bits per heavy atom. The molecule has 1 aromatic carbocycles. The zero-order chi connectivity index (χ0) is 12.3. The molecule has 17 heavy (non-hydrogen) atoms. The summed E-state index contributed by atoms with van der Waals surface area (Å²) in [4.78, 5) is 2.39. The van der Waals surface area contributed by atoms with Crippen molar-refractivity contribution in [3.8, 4) is 0 Å². The molecule has 1 fully saturated rings. The molecule has 2 N–H and O–H groups in total. The molecule has 0 aliphatic carbocycles. The second-order valence-electron chi connectivity index (χ2n) is 4.93. The molecule has 1 aliphatic rings. The van der Waals surface area contributed by atoms with Crippen molar-refractivity contribution in [2.24, 2.45) is 5.73 Å². The van der Waals surface area contributed by atoms with Gasteiger partial charge in [0.1, 0.15) is 0 Å². The Morgan fingerprint density at radius 3 is 2.65 bits per heavy atom. The second-order valence-corrected chi connectivity index (χ2v) is 4.93. The molecule has 1 aliphatic heterocycles. The number of rotatable bonds is 4. The average molecular weight is 234 g/mol. The minimum atomic E-state index is 0.245. The number of likely N-dealkylation sites (tertiary alicyclic amines) is 1. The Balaban J connectivity index is 2.00. The van der Waals surface area contributed by atoms with Crippen molar-refractivity contribution in [3.05, 3.63) is 35.4 Å². The Labute approximate surface area is 104 Å². The van der Waals surface area contributed by atoms with Crippen molar-refractivity contribution in [3.63, 3.8) is 0 Å². The zero-order valence-electron chi connectivity index (χ0n) is 10.7. The van der Waals surface area contributed by atoms with Crippen molar-refractivity contribution < 1.29 is 4.74 Å². The molecule has 0 unspecified atom stereocenters. The predicted octanol–water partition coefficient (Wildman–Crippen LogP) is 1.37. The SMILES string of the molecule is COCCN1C[C@@H](N)[C@H](c2ccc(C)cc2)C1. The van der Waals surface area contributed by atoms with Gasteiger partial charge in [0.2, 0.25) is 0 Å². The van der Waals surface area contributed by atoms with Crippen molar-refractivity contribution in [2.45, 2.75) is 18.9 Å². The number of ether oxygens (including phenoxy) is 1. The van der Waals surface area contributed by atoms with E-state index in [0.717, 1.165) is 26.2 Å². The highest BCUT2D eigenvalue weighted by atomic mass is 16.5. The van der Waals surface area contributed by atoms with Crippen LogP contribution in [-0.4, -0.2) is 44.3 Å². The van der Waals surface area contributed by atoms with Gasteiger partial charge in [-0.15, -0.1) is 0 Å². The normalized spacial score (nSPS) is 25.4. The molecule has 0 spiro atoms. The lowest BCUT2D eigenvalue weighted by Gasteiger charge is -2.15. The highest BCUT2D eigenvalue weighted by Crippen LogP contribution is 2.26. The van der Waals surface area contributed by atoms with E-state index in [2.05, 4.69) is 36.1 Å². The lowest BCUT2D eigenvalue weighted by Crippen LogP contribution is -2.30.